The fourth-order valence-electron chi connectivity index (χ4n) is 3.43. The fourth-order valence-corrected chi connectivity index (χ4v) is 3.43. The number of carbonyl (C=O) groups excluding carboxylic acids is 2. The molecule has 0 radical (unpaired) electrons. The molecule has 0 saturated heterocycles. The second-order valence-electron chi connectivity index (χ2n) is 6.35. The van der Waals surface area contributed by atoms with E-state index in [2.05, 4.69) is 9.97 Å². The maximum atomic E-state index is 12.8. The van der Waals surface area contributed by atoms with Crippen LogP contribution in [0.5, 0.6) is 0 Å². The van der Waals surface area contributed by atoms with Gasteiger partial charge in [0.1, 0.15) is 11.1 Å². The highest BCUT2D eigenvalue weighted by Gasteiger charge is 2.31. The molecule has 0 aliphatic carbocycles. The van der Waals surface area contributed by atoms with Crippen molar-refractivity contribution in [1.29, 1.82) is 0 Å². The molecule has 0 fully saturated rings. The van der Waals surface area contributed by atoms with Gasteiger partial charge in [-0.1, -0.05) is 54.6 Å². The summed E-state index contributed by atoms with van der Waals surface area (Å²) in [6.45, 7) is 0. The molecular weight excluding hydrogens is 368 g/mol. The molecule has 0 unspecified atom stereocenters. The van der Waals surface area contributed by atoms with Gasteiger partial charge in [0.25, 0.3) is 0 Å². The minimum Gasteiger partial charge on any atom is -0.465 e. The number of nitrogens with one attached hydrogen (secondary N) is 1. The lowest BCUT2D eigenvalue weighted by Crippen LogP contribution is -2.11. The van der Waals surface area contributed by atoms with Gasteiger partial charge in [0.05, 0.1) is 31.3 Å². The topological polar surface area (TPSA) is 81.3 Å². The summed E-state index contributed by atoms with van der Waals surface area (Å²) < 4.78 is 9.98. The van der Waals surface area contributed by atoms with Gasteiger partial charge >= 0.3 is 11.9 Å². The van der Waals surface area contributed by atoms with Gasteiger partial charge in [0.15, 0.2) is 0 Å². The SMILES string of the molecule is COC(=O)c1c(-c2ccccc2)[nH]c(-c2nccc3ccccc23)c1C(=O)OC. The Morgan fingerprint density at radius 2 is 1.41 bits per heavy atom. The van der Waals surface area contributed by atoms with Crippen molar-refractivity contribution in [3.05, 3.63) is 78.0 Å². The van der Waals surface area contributed by atoms with E-state index in [1.807, 2.05) is 60.7 Å². The van der Waals surface area contributed by atoms with Crippen molar-refractivity contribution in [1.82, 2.24) is 9.97 Å². The van der Waals surface area contributed by atoms with Crippen LogP contribution in [0.1, 0.15) is 20.7 Å². The van der Waals surface area contributed by atoms with E-state index in [1.165, 1.54) is 14.2 Å². The van der Waals surface area contributed by atoms with Crippen molar-refractivity contribution in [2.24, 2.45) is 0 Å². The number of carbonyl (C=O) groups is 2. The third-order valence-electron chi connectivity index (χ3n) is 4.75. The molecule has 0 aliphatic heterocycles. The molecule has 1 N–H and O–H groups in total. The van der Waals surface area contributed by atoms with Crippen molar-refractivity contribution in [2.45, 2.75) is 0 Å². The van der Waals surface area contributed by atoms with E-state index < -0.39 is 11.9 Å². The predicted octanol–water partition coefficient (Wildman–Crippen LogP) is 4.47. The summed E-state index contributed by atoms with van der Waals surface area (Å²) >= 11 is 0. The largest absolute Gasteiger partial charge is 0.465 e. The van der Waals surface area contributed by atoms with E-state index in [0.29, 0.717) is 17.1 Å². The zero-order chi connectivity index (χ0) is 20.4. The van der Waals surface area contributed by atoms with Crippen molar-refractivity contribution in [3.8, 4) is 22.6 Å². The van der Waals surface area contributed by atoms with Crippen LogP contribution in [0.15, 0.2) is 66.9 Å². The number of rotatable bonds is 4. The summed E-state index contributed by atoms with van der Waals surface area (Å²) in [5.41, 5.74) is 2.40. The molecule has 29 heavy (non-hydrogen) atoms. The van der Waals surface area contributed by atoms with Crippen LogP contribution in [0.3, 0.4) is 0 Å². The molecule has 2 aromatic carbocycles. The molecule has 6 heteroatoms. The highest BCUT2D eigenvalue weighted by molar-refractivity contribution is 6.13. The lowest BCUT2D eigenvalue weighted by molar-refractivity contribution is 0.0558. The standard InChI is InChI=1S/C23H18N2O4/c1-28-22(26)17-18(23(27)29-2)21(25-19(17)15-9-4-3-5-10-15)20-16-11-7-6-8-14(16)12-13-24-20/h3-13,25H,1-2H3. The molecule has 0 amide bonds. The monoisotopic (exact) mass is 386 g/mol. The molecule has 0 atom stereocenters. The predicted molar refractivity (Wildman–Crippen MR) is 110 cm³/mol. The van der Waals surface area contributed by atoms with Crippen LogP contribution in [0.2, 0.25) is 0 Å². The van der Waals surface area contributed by atoms with Gasteiger partial charge in [-0.15, -0.1) is 0 Å². The Hall–Kier alpha value is -3.93. The molecular formula is C23H18N2O4. The first-order chi connectivity index (χ1) is 14.2. The summed E-state index contributed by atoms with van der Waals surface area (Å²) in [5.74, 6) is -1.28. The van der Waals surface area contributed by atoms with Gasteiger partial charge in [0, 0.05) is 11.6 Å². The summed E-state index contributed by atoms with van der Waals surface area (Å²) in [6, 6.07) is 18.9. The van der Waals surface area contributed by atoms with Crippen LogP contribution in [0, 0.1) is 0 Å². The normalized spacial score (nSPS) is 10.7. The minimum atomic E-state index is -0.645. The molecule has 2 aromatic heterocycles. The molecule has 0 bridgehead atoms. The van der Waals surface area contributed by atoms with Gasteiger partial charge in [0.2, 0.25) is 0 Å². The van der Waals surface area contributed by atoms with Gasteiger partial charge in [-0.05, 0) is 17.0 Å². The molecule has 0 saturated carbocycles. The van der Waals surface area contributed by atoms with Crippen molar-refractivity contribution >= 4 is 22.7 Å². The van der Waals surface area contributed by atoms with E-state index >= 15 is 0 Å². The van der Waals surface area contributed by atoms with Crippen molar-refractivity contribution in [2.75, 3.05) is 14.2 Å². The van der Waals surface area contributed by atoms with Crippen LogP contribution in [-0.4, -0.2) is 36.1 Å². The maximum Gasteiger partial charge on any atom is 0.341 e. The van der Waals surface area contributed by atoms with Gasteiger partial charge in [-0.3, -0.25) is 4.98 Å². The molecule has 0 spiro atoms. The number of aromatic nitrogens is 2. The molecule has 2 heterocycles. The molecule has 144 valence electrons. The number of pyridine rings is 1. The van der Waals surface area contributed by atoms with Crippen LogP contribution in [0.25, 0.3) is 33.4 Å². The smallest absolute Gasteiger partial charge is 0.341 e. The zero-order valence-corrected chi connectivity index (χ0v) is 15.9. The van der Waals surface area contributed by atoms with E-state index in [1.54, 1.807) is 6.20 Å². The average molecular weight is 386 g/mol. The van der Waals surface area contributed by atoms with Gasteiger partial charge < -0.3 is 14.5 Å². The highest BCUT2D eigenvalue weighted by atomic mass is 16.5. The Bertz CT molecular complexity index is 1210. The van der Waals surface area contributed by atoms with E-state index in [9.17, 15) is 9.59 Å². The Morgan fingerprint density at radius 1 is 0.793 bits per heavy atom. The van der Waals surface area contributed by atoms with Crippen LogP contribution in [-0.2, 0) is 9.47 Å². The van der Waals surface area contributed by atoms with Crippen molar-refractivity contribution in [3.63, 3.8) is 0 Å². The summed E-state index contributed by atoms with van der Waals surface area (Å²) in [7, 11) is 2.56. The van der Waals surface area contributed by atoms with E-state index in [0.717, 1.165) is 16.3 Å². The number of nitrogens with zero attached hydrogens (tertiary/aromatic N) is 1. The molecule has 4 rings (SSSR count). The average Bonchev–Trinajstić information content (AvgIpc) is 3.18. The Kier molecular flexibility index (Phi) is 4.83. The van der Waals surface area contributed by atoms with Crippen LogP contribution >= 0.6 is 0 Å². The number of aromatic amines is 1. The first-order valence-corrected chi connectivity index (χ1v) is 8.97. The number of hydrogen-bond donors (Lipinski definition) is 1. The first kappa shape index (κ1) is 18.4. The fraction of sp³-hybridized carbons (Fsp3) is 0.0870. The number of methoxy groups -OCH3 is 2. The lowest BCUT2D eigenvalue weighted by Gasteiger charge is -2.07. The van der Waals surface area contributed by atoms with Crippen LogP contribution in [0.4, 0.5) is 0 Å². The Morgan fingerprint density at radius 3 is 2.10 bits per heavy atom. The number of esters is 2. The number of benzene rings is 2. The molecule has 0 aliphatic rings. The summed E-state index contributed by atoms with van der Waals surface area (Å²) in [5, 5.41) is 1.81. The third kappa shape index (κ3) is 3.14. The number of fused-ring (bicyclic) bond motifs is 1. The molecule has 6 nitrogen and oxygen atoms in total. The Labute approximate surface area is 167 Å². The summed E-state index contributed by atoms with van der Waals surface area (Å²) in [4.78, 5) is 33.2. The van der Waals surface area contributed by atoms with Gasteiger partial charge in [-0.25, -0.2) is 9.59 Å². The highest BCUT2D eigenvalue weighted by Crippen LogP contribution is 2.36. The van der Waals surface area contributed by atoms with E-state index in [-0.39, 0.29) is 11.1 Å². The third-order valence-corrected chi connectivity index (χ3v) is 4.75. The van der Waals surface area contributed by atoms with Crippen LogP contribution < -0.4 is 0 Å². The summed E-state index contributed by atoms with van der Waals surface area (Å²) in [6.07, 6.45) is 1.67. The zero-order valence-electron chi connectivity index (χ0n) is 15.9. The second-order valence-corrected chi connectivity index (χ2v) is 6.35. The minimum absolute atomic E-state index is 0.0991. The Balaban J connectivity index is 2.10. The lowest BCUT2D eigenvalue weighted by atomic mass is 10.0. The second kappa shape index (κ2) is 7.59. The number of H-pyrrole nitrogens is 1. The van der Waals surface area contributed by atoms with Crippen molar-refractivity contribution < 1.29 is 19.1 Å². The first-order valence-electron chi connectivity index (χ1n) is 8.97. The maximum absolute atomic E-state index is 12.8. The van der Waals surface area contributed by atoms with E-state index in [4.69, 9.17) is 9.47 Å². The van der Waals surface area contributed by atoms with Gasteiger partial charge in [-0.2, -0.15) is 0 Å². The number of ether oxygens (including phenoxy) is 2. The molecule has 4 aromatic rings. The number of hydrogen-bond acceptors (Lipinski definition) is 5. The quantitative estimate of drug-likeness (QED) is 0.523.